The molecule has 0 unspecified atom stereocenters. The molecule has 0 N–H and O–H groups in total. The molecular formula is C19H24O5. The average molecular weight is 332 g/mol. The highest BCUT2D eigenvalue weighted by molar-refractivity contribution is 6.06. The molecule has 1 aliphatic carbocycles. The Kier molecular flexibility index (Phi) is 5.75. The standard InChI is InChI=1S/C19H24O5/c1-4-5-12-19(17(21)23-2,18(22)24-3)15-10-8-14(9-11-15)16(20)13-6-7-13/h8-11,13H,4-7,12H2,1-3H3. The smallest absolute Gasteiger partial charge is 0.327 e. The van der Waals surface area contributed by atoms with Gasteiger partial charge >= 0.3 is 11.9 Å². The van der Waals surface area contributed by atoms with Gasteiger partial charge in [-0.05, 0) is 24.8 Å². The zero-order valence-corrected chi connectivity index (χ0v) is 14.5. The van der Waals surface area contributed by atoms with E-state index < -0.39 is 17.4 Å². The second-order valence-electron chi connectivity index (χ2n) is 6.21. The quantitative estimate of drug-likeness (QED) is 0.416. The maximum Gasteiger partial charge on any atom is 0.327 e. The van der Waals surface area contributed by atoms with Gasteiger partial charge in [0.1, 0.15) is 0 Å². The minimum Gasteiger partial charge on any atom is -0.468 e. The molecule has 0 aliphatic heterocycles. The summed E-state index contributed by atoms with van der Waals surface area (Å²) in [5.74, 6) is -1.02. The Balaban J connectivity index is 2.42. The van der Waals surface area contributed by atoms with Gasteiger partial charge in [0.05, 0.1) is 14.2 Å². The Morgan fingerprint density at radius 2 is 1.58 bits per heavy atom. The monoisotopic (exact) mass is 332 g/mol. The van der Waals surface area contributed by atoms with Gasteiger partial charge in [-0.1, -0.05) is 44.0 Å². The second kappa shape index (κ2) is 7.60. The Labute approximate surface area is 142 Å². The zero-order chi connectivity index (χ0) is 17.7. The van der Waals surface area contributed by atoms with Crippen molar-refractivity contribution >= 4 is 17.7 Å². The molecule has 2 rings (SSSR count). The molecule has 1 aliphatic rings. The molecule has 0 radical (unpaired) electrons. The summed E-state index contributed by atoms with van der Waals surface area (Å²) in [6, 6.07) is 6.70. The highest BCUT2D eigenvalue weighted by atomic mass is 16.5. The van der Waals surface area contributed by atoms with Crippen molar-refractivity contribution in [3.8, 4) is 0 Å². The normalized spacial score (nSPS) is 14.1. The van der Waals surface area contributed by atoms with Crippen LogP contribution in [0.4, 0.5) is 0 Å². The maximum atomic E-state index is 12.5. The number of unbranched alkanes of at least 4 members (excludes halogenated alkanes) is 1. The van der Waals surface area contributed by atoms with Crippen molar-refractivity contribution in [2.75, 3.05) is 14.2 Å². The predicted octanol–water partition coefficient (Wildman–Crippen LogP) is 3.05. The Hall–Kier alpha value is -2.17. The second-order valence-corrected chi connectivity index (χ2v) is 6.21. The summed E-state index contributed by atoms with van der Waals surface area (Å²) in [5.41, 5.74) is -0.372. The van der Waals surface area contributed by atoms with Crippen molar-refractivity contribution in [3.05, 3.63) is 35.4 Å². The molecule has 24 heavy (non-hydrogen) atoms. The fraction of sp³-hybridized carbons (Fsp3) is 0.526. The van der Waals surface area contributed by atoms with Gasteiger partial charge in [0, 0.05) is 11.5 Å². The molecule has 0 spiro atoms. The van der Waals surface area contributed by atoms with E-state index in [0.717, 1.165) is 19.3 Å². The molecule has 5 nitrogen and oxygen atoms in total. The molecule has 1 aromatic carbocycles. The van der Waals surface area contributed by atoms with Crippen LogP contribution in [0.3, 0.4) is 0 Å². The van der Waals surface area contributed by atoms with Crippen LogP contribution in [0.5, 0.6) is 0 Å². The lowest BCUT2D eigenvalue weighted by atomic mass is 9.76. The van der Waals surface area contributed by atoms with Crippen LogP contribution in [0.25, 0.3) is 0 Å². The third-order valence-corrected chi connectivity index (χ3v) is 4.58. The third kappa shape index (κ3) is 3.35. The lowest BCUT2D eigenvalue weighted by molar-refractivity contribution is -0.162. The number of carbonyl (C=O) groups excluding carboxylic acids is 3. The summed E-state index contributed by atoms with van der Waals surface area (Å²) in [4.78, 5) is 37.1. The van der Waals surface area contributed by atoms with E-state index in [9.17, 15) is 14.4 Å². The zero-order valence-electron chi connectivity index (χ0n) is 14.5. The number of ketones is 1. The van der Waals surface area contributed by atoms with E-state index in [2.05, 4.69) is 0 Å². The minimum atomic E-state index is -1.49. The first kappa shape index (κ1) is 18.2. The molecule has 1 fully saturated rings. The Morgan fingerprint density at radius 1 is 1.04 bits per heavy atom. The number of ether oxygens (including phenoxy) is 2. The number of esters is 2. The van der Waals surface area contributed by atoms with Gasteiger partial charge in [-0.2, -0.15) is 0 Å². The number of hydrogen-bond donors (Lipinski definition) is 0. The van der Waals surface area contributed by atoms with Crippen LogP contribution >= 0.6 is 0 Å². The number of hydrogen-bond acceptors (Lipinski definition) is 5. The first-order valence-electron chi connectivity index (χ1n) is 8.32. The van der Waals surface area contributed by atoms with Crippen LogP contribution in [0.1, 0.15) is 54.9 Å². The fourth-order valence-corrected chi connectivity index (χ4v) is 2.96. The van der Waals surface area contributed by atoms with E-state index in [1.165, 1.54) is 14.2 Å². The van der Waals surface area contributed by atoms with Crippen LogP contribution in [-0.2, 0) is 24.5 Å². The molecule has 0 amide bonds. The minimum absolute atomic E-state index is 0.122. The summed E-state index contributed by atoms with van der Waals surface area (Å²) in [5, 5.41) is 0. The van der Waals surface area contributed by atoms with E-state index in [1.54, 1.807) is 24.3 Å². The summed E-state index contributed by atoms with van der Waals surface area (Å²) < 4.78 is 9.82. The Bertz CT molecular complexity index is 597. The maximum absolute atomic E-state index is 12.5. The lowest BCUT2D eigenvalue weighted by Crippen LogP contribution is -2.45. The molecule has 0 atom stereocenters. The van der Waals surface area contributed by atoms with Crippen LogP contribution < -0.4 is 0 Å². The van der Waals surface area contributed by atoms with Crippen LogP contribution in [0.2, 0.25) is 0 Å². The SMILES string of the molecule is CCCCC(C(=O)OC)(C(=O)OC)c1ccc(C(=O)C2CC2)cc1. The van der Waals surface area contributed by atoms with Gasteiger partial charge in [-0.15, -0.1) is 0 Å². The summed E-state index contributed by atoms with van der Waals surface area (Å²) in [6.07, 6.45) is 3.68. The van der Waals surface area contributed by atoms with Crippen LogP contribution in [-0.4, -0.2) is 31.9 Å². The van der Waals surface area contributed by atoms with Gasteiger partial charge in [0.25, 0.3) is 0 Å². The van der Waals surface area contributed by atoms with Crippen molar-refractivity contribution in [1.82, 2.24) is 0 Å². The number of benzene rings is 1. The molecule has 0 saturated heterocycles. The van der Waals surface area contributed by atoms with Crippen molar-refractivity contribution in [2.24, 2.45) is 5.92 Å². The number of carbonyl (C=O) groups is 3. The van der Waals surface area contributed by atoms with Crippen molar-refractivity contribution in [2.45, 2.75) is 44.4 Å². The van der Waals surface area contributed by atoms with Crippen molar-refractivity contribution in [1.29, 1.82) is 0 Å². The van der Waals surface area contributed by atoms with E-state index in [0.29, 0.717) is 24.0 Å². The molecule has 0 heterocycles. The summed E-state index contributed by atoms with van der Waals surface area (Å²) >= 11 is 0. The van der Waals surface area contributed by atoms with Gasteiger partial charge in [0.15, 0.2) is 11.2 Å². The highest BCUT2D eigenvalue weighted by Gasteiger charge is 2.49. The molecular weight excluding hydrogens is 308 g/mol. The van der Waals surface area contributed by atoms with Crippen molar-refractivity contribution in [3.63, 3.8) is 0 Å². The van der Waals surface area contributed by atoms with Gasteiger partial charge in [-0.25, -0.2) is 0 Å². The van der Waals surface area contributed by atoms with E-state index in [1.807, 2.05) is 6.92 Å². The number of Topliss-reactive ketones (excluding diaryl/α,β-unsaturated/α-hetero) is 1. The van der Waals surface area contributed by atoms with E-state index in [4.69, 9.17) is 9.47 Å². The van der Waals surface area contributed by atoms with E-state index >= 15 is 0 Å². The lowest BCUT2D eigenvalue weighted by Gasteiger charge is -2.28. The number of rotatable bonds is 8. The average Bonchev–Trinajstić information content (AvgIpc) is 3.46. The third-order valence-electron chi connectivity index (χ3n) is 4.58. The van der Waals surface area contributed by atoms with Gasteiger partial charge in [-0.3, -0.25) is 14.4 Å². The predicted molar refractivity (Wildman–Crippen MR) is 88.7 cm³/mol. The van der Waals surface area contributed by atoms with Crippen LogP contribution in [0, 0.1) is 5.92 Å². The largest absolute Gasteiger partial charge is 0.468 e. The first-order valence-corrected chi connectivity index (χ1v) is 8.32. The molecule has 130 valence electrons. The van der Waals surface area contributed by atoms with Gasteiger partial charge in [0.2, 0.25) is 0 Å². The van der Waals surface area contributed by atoms with E-state index in [-0.39, 0.29) is 11.7 Å². The fourth-order valence-electron chi connectivity index (χ4n) is 2.96. The molecule has 5 heteroatoms. The van der Waals surface area contributed by atoms with Crippen LogP contribution in [0.15, 0.2) is 24.3 Å². The van der Waals surface area contributed by atoms with Crippen molar-refractivity contribution < 1.29 is 23.9 Å². The topological polar surface area (TPSA) is 69.7 Å². The summed E-state index contributed by atoms with van der Waals surface area (Å²) in [6.45, 7) is 1.98. The van der Waals surface area contributed by atoms with Gasteiger partial charge < -0.3 is 9.47 Å². The molecule has 1 saturated carbocycles. The Morgan fingerprint density at radius 3 is 2.00 bits per heavy atom. The first-order chi connectivity index (χ1) is 11.5. The molecule has 0 aromatic heterocycles. The molecule has 1 aromatic rings. The number of methoxy groups -OCH3 is 2. The summed E-state index contributed by atoms with van der Waals surface area (Å²) in [7, 11) is 2.52. The molecule has 0 bridgehead atoms. The highest BCUT2D eigenvalue weighted by Crippen LogP contribution is 2.35.